The highest BCUT2D eigenvalue weighted by Crippen LogP contribution is 2.41. The van der Waals surface area contributed by atoms with Gasteiger partial charge in [-0.3, -0.25) is 0 Å². The van der Waals surface area contributed by atoms with Gasteiger partial charge in [0.1, 0.15) is 12.5 Å². The summed E-state index contributed by atoms with van der Waals surface area (Å²) in [6.45, 7) is 6.83. The van der Waals surface area contributed by atoms with Crippen molar-refractivity contribution in [2.45, 2.75) is 103 Å². The second kappa shape index (κ2) is 11.2. The van der Waals surface area contributed by atoms with E-state index in [0.29, 0.717) is 6.10 Å². The van der Waals surface area contributed by atoms with Crippen molar-refractivity contribution in [3.63, 3.8) is 0 Å². The number of ether oxygens (including phenoxy) is 1. The van der Waals surface area contributed by atoms with Gasteiger partial charge in [0, 0.05) is 0 Å². The Labute approximate surface area is 178 Å². The molecule has 3 aliphatic carbocycles. The van der Waals surface area contributed by atoms with Crippen molar-refractivity contribution >= 4 is 6.79 Å². The van der Waals surface area contributed by atoms with E-state index < -0.39 is 0 Å². The first kappa shape index (κ1) is 22.4. The molecular weight excluding hydrogens is 356 g/mol. The van der Waals surface area contributed by atoms with Crippen molar-refractivity contribution in [2.75, 3.05) is 0 Å². The Morgan fingerprint density at radius 1 is 0.655 bits per heavy atom. The van der Waals surface area contributed by atoms with Crippen LogP contribution in [0.4, 0.5) is 0 Å². The normalized spacial score (nSPS) is 35.2. The molecule has 1 aromatic carbocycles. The molecule has 1 aromatic rings. The van der Waals surface area contributed by atoms with Crippen molar-refractivity contribution in [2.24, 2.45) is 23.7 Å². The van der Waals surface area contributed by atoms with Gasteiger partial charge < -0.3 is 9.53 Å². The van der Waals surface area contributed by atoms with Crippen LogP contribution in [0.15, 0.2) is 24.3 Å². The fraction of sp³-hybridized carbons (Fsp3) is 0.741. The Bertz CT molecular complexity index is 571. The zero-order valence-electron chi connectivity index (χ0n) is 18.8. The predicted molar refractivity (Wildman–Crippen MR) is 121 cm³/mol. The third kappa shape index (κ3) is 6.33. The molecule has 2 heteroatoms. The number of hydrogen-bond acceptors (Lipinski definition) is 2. The summed E-state index contributed by atoms with van der Waals surface area (Å²) in [6.07, 6.45) is 17.2. The third-order valence-corrected chi connectivity index (χ3v) is 8.12. The van der Waals surface area contributed by atoms with E-state index in [9.17, 15) is 0 Å². The molecule has 3 fully saturated rings. The van der Waals surface area contributed by atoms with Crippen LogP contribution in [0, 0.1) is 23.7 Å². The summed E-state index contributed by atoms with van der Waals surface area (Å²) in [4.78, 5) is 8.00. The van der Waals surface area contributed by atoms with Gasteiger partial charge in [-0.1, -0.05) is 51.7 Å². The smallest absolute Gasteiger partial charge is 0.119 e. The molecule has 0 amide bonds. The van der Waals surface area contributed by atoms with Gasteiger partial charge in [0.05, 0.1) is 6.10 Å². The predicted octanol–water partition coefficient (Wildman–Crippen LogP) is 7.56. The zero-order valence-corrected chi connectivity index (χ0v) is 18.8. The van der Waals surface area contributed by atoms with Gasteiger partial charge in [0.25, 0.3) is 0 Å². The van der Waals surface area contributed by atoms with Crippen LogP contribution in [0.5, 0.6) is 5.75 Å². The van der Waals surface area contributed by atoms with Gasteiger partial charge in [-0.15, -0.1) is 0 Å². The van der Waals surface area contributed by atoms with Crippen LogP contribution >= 0.6 is 0 Å². The maximum atomic E-state index is 8.00. The van der Waals surface area contributed by atoms with Crippen molar-refractivity contribution in [3.05, 3.63) is 29.8 Å². The van der Waals surface area contributed by atoms with E-state index in [-0.39, 0.29) is 0 Å². The van der Waals surface area contributed by atoms with Crippen LogP contribution < -0.4 is 4.74 Å². The summed E-state index contributed by atoms with van der Waals surface area (Å²) in [5, 5.41) is 0. The van der Waals surface area contributed by atoms with Crippen molar-refractivity contribution in [3.8, 4) is 5.75 Å². The fourth-order valence-corrected chi connectivity index (χ4v) is 6.04. The minimum Gasteiger partial charge on any atom is -0.490 e. The second-order valence-corrected chi connectivity index (χ2v) is 10.2. The minimum atomic E-state index is 0.449. The largest absolute Gasteiger partial charge is 0.490 e. The first-order chi connectivity index (χ1) is 14.2. The summed E-state index contributed by atoms with van der Waals surface area (Å²) in [5.74, 6) is 5.77. The van der Waals surface area contributed by atoms with Crippen LogP contribution in [0.3, 0.4) is 0 Å². The lowest BCUT2D eigenvalue weighted by atomic mass is 9.71. The van der Waals surface area contributed by atoms with Crippen LogP contribution in [0.2, 0.25) is 0 Å². The van der Waals surface area contributed by atoms with Gasteiger partial charge >= 0.3 is 0 Å². The maximum Gasteiger partial charge on any atom is 0.119 e. The number of carbonyl (C=O) groups excluding carboxylic acids is 1. The molecule has 0 heterocycles. The Hall–Kier alpha value is -1.31. The van der Waals surface area contributed by atoms with Crippen LogP contribution in [0.25, 0.3) is 0 Å². The highest BCUT2D eigenvalue weighted by molar-refractivity contribution is 5.30. The molecule has 2 nitrogen and oxygen atoms in total. The lowest BCUT2D eigenvalue weighted by Gasteiger charge is -2.37. The number of hydrogen-bond donors (Lipinski definition) is 0. The SMILES string of the molecule is C=O.CC1CCC(c2ccc(OC3CCC(C4CCC(C)CC4)CC3)cc2)CC1. The van der Waals surface area contributed by atoms with Crippen molar-refractivity contribution in [1.29, 1.82) is 0 Å². The van der Waals surface area contributed by atoms with Crippen LogP contribution in [0.1, 0.15) is 102 Å². The summed E-state index contributed by atoms with van der Waals surface area (Å²) >= 11 is 0. The average Bonchev–Trinajstić information content (AvgIpc) is 2.78. The fourth-order valence-electron chi connectivity index (χ4n) is 6.04. The van der Waals surface area contributed by atoms with E-state index in [2.05, 4.69) is 38.1 Å². The Morgan fingerprint density at radius 3 is 1.62 bits per heavy atom. The summed E-state index contributed by atoms with van der Waals surface area (Å²) in [6, 6.07) is 9.15. The van der Waals surface area contributed by atoms with Crippen LogP contribution in [-0.4, -0.2) is 12.9 Å². The van der Waals surface area contributed by atoms with Crippen molar-refractivity contribution in [1.82, 2.24) is 0 Å². The summed E-state index contributed by atoms with van der Waals surface area (Å²) < 4.78 is 6.37. The minimum absolute atomic E-state index is 0.449. The van der Waals surface area contributed by atoms with E-state index in [4.69, 9.17) is 9.53 Å². The Kier molecular flexibility index (Phi) is 8.63. The molecule has 0 aliphatic heterocycles. The topological polar surface area (TPSA) is 26.3 Å². The molecule has 29 heavy (non-hydrogen) atoms. The monoisotopic (exact) mass is 398 g/mol. The van der Waals surface area contributed by atoms with Gasteiger partial charge in [-0.25, -0.2) is 0 Å². The van der Waals surface area contributed by atoms with E-state index in [0.717, 1.165) is 35.3 Å². The first-order valence-corrected chi connectivity index (χ1v) is 12.2. The number of carbonyl (C=O) groups is 1. The van der Waals surface area contributed by atoms with Gasteiger partial charge in [0.15, 0.2) is 0 Å². The number of rotatable bonds is 4. The lowest BCUT2D eigenvalue weighted by molar-refractivity contribution is -0.0979. The number of benzene rings is 1. The molecule has 0 bridgehead atoms. The Morgan fingerprint density at radius 2 is 1.10 bits per heavy atom. The molecule has 162 valence electrons. The molecule has 0 radical (unpaired) electrons. The summed E-state index contributed by atoms with van der Waals surface area (Å²) in [7, 11) is 0. The molecule has 3 aliphatic rings. The maximum absolute atomic E-state index is 8.00. The summed E-state index contributed by atoms with van der Waals surface area (Å²) in [5.41, 5.74) is 1.53. The van der Waals surface area contributed by atoms with E-state index in [1.165, 1.54) is 82.6 Å². The highest BCUT2D eigenvalue weighted by atomic mass is 16.5. The molecule has 0 saturated heterocycles. The van der Waals surface area contributed by atoms with E-state index >= 15 is 0 Å². The van der Waals surface area contributed by atoms with Crippen molar-refractivity contribution < 1.29 is 9.53 Å². The Balaban J connectivity index is 0.00000117. The molecule has 3 saturated carbocycles. The van der Waals surface area contributed by atoms with Crippen LogP contribution in [-0.2, 0) is 4.79 Å². The molecule has 0 N–H and O–H groups in total. The second-order valence-electron chi connectivity index (χ2n) is 10.2. The molecule has 0 atom stereocenters. The standard InChI is InChI=1S/C26H40O.CH2O/c1-19-3-7-21(8-4-19)23-11-15-25(16-12-23)27-26-17-13-24(14-18-26)22-9-5-20(2)6-10-22;1-2/h11-12,15-16,19-22,24,26H,3-10,13-14,17-18H2,1-2H3;1H2. The average molecular weight is 399 g/mol. The molecule has 0 unspecified atom stereocenters. The molecule has 4 rings (SSSR count). The highest BCUT2D eigenvalue weighted by Gasteiger charge is 2.30. The van der Waals surface area contributed by atoms with Gasteiger partial charge in [0.2, 0.25) is 0 Å². The zero-order chi connectivity index (χ0) is 20.6. The lowest BCUT2D eigenvalue weighted by Crippen LogP contribution is -2.29. The third-order valence-electron chi connectivity index (χ3n) is 8.12. The first-order valence-electron chi connectivity index (χ1n) is 12.2. The molecule has 0 aromatic heterocycles. The van der Waals surface area contributed by atoms with E-state index in [1.54, 1.807) is 0 Å². The van der Waals surface area contributed by atoms with E-state index in [1.807, 2.05) is 6.79 Å². The molecular formula is C27H42O2. The quantitative estimate of drug-likeness (QED) is 0.523. The molecule has 0 spiro atoms. The van der Waals surface area contributed by atoms with Gasteiger partial charge in [-0.2, -0.15) is 0 Å². The van der Waals surface area contributed by atoms with Gasteiger partial charge in [-0.05, 0) is 98.7 Å².